The van der Waals surface area contributed by atoms with E-state index in [-0.39, 0.29) is 6.04 Å². The highest BCUT2D eigenvalue weighted by molar-refractivity contribution is 5.48. The van der Waals surface area contributed by atoms with Crippen LogP contribution in [0.15, 0.2) is 54.6 Å². The Kier molecular flexibility index (Phi) is 5.99. The maximum Gasteiger partial charge on any atom is 0.0773 e. The maximum absolute atomic E-state index is 10.4. The van der Waals surface area contributed by atoms with Gasteiger partial charge in [0, 0.05) is 25.2 Å². The number of nitrogens with zero attached hydrogens (tertiary/aromatic N) is 1. The molecule has 2 rings (SSSR count). The lowest BCUT2D eigenvalue weighted by Gasteiger charge is -2.23. The molecule has 0 aliphatic heterocycles. The quantitative estimate of drug-likeness (QED) is 0.825. The Bertz CT molecular complexity index is 549. The summed E-state index contributed by atoms with van der Waals surface area (Å²) in [5.41, 5.74) is 9.48. The van der Waals surface area contributed by atoms with Crippen LogP contribution in [0.3, 0.4) is 0 Å². The van der Waals surface area contributed by atoms with Gasteiger partial charge in [-0.05, 0) is 37.1 Å². The molecular weight excluding hydrogens is 272 g/mol. The Balaban J connectivity index is 2.04. The smallest absolute Gasteiger partial charge is 0.0773 e. The first-order chi connectivity index (χ1) is 10.7. The molecule has 0 fully saturated rings. The predicted molar refractivity (Wildman–Crippen MR) is 93.1 cm³/mol. The molecule has 3 N–H and O–H groups in total. The van der Waals surface area contributed by atoms with E-state index in [4.69, 9.17) is 5.73 Å². The summed E-state index contributed by atoms with van der Waals surface area (Å²) in [5, 5.41) is 10.4. The SMILES string of the molecule is CCN(CC)c1ccc([C@H](N)[C@H](O)Cc2ccccc2)cc1. The van der Waals surface area contributed by atoms with Gasteiger partial charge in [-0.3, -0.25) is 0 Å². The zero-order chi connectivity index (χ0) is 15.9. The van der Waals surface area contributed by atoms with Gasteiger partial charge in [-0.15, -0.1) is 0 Å². The van der Waals surface area contributed by atoms with Crippen molar-refractivity contribution < 1.29 is 5.11 Å². The molecule has 0 amide bonds. The van der Waals surface area contributed by atoms with E-state index in [1.165, 1.54) is 5.69 Å². The minimum Gasteiger partial charge on any atom is -0.391 e. The molecule has 0 saturated carbocycles. The first-order valence-electron chi connectivity index (χ1n) is 7.98. The Morgan fingerprint density at radius 3 is 2.09 bits per heavy atom. The fraction of sp³-hybridized carbons (Fsp3) is 0.368. The van der Waals surface area contributed by atoms with E-state index in [0.717, 1.165) is 24.2 Å². The second-order valence-electron chi connectivity index (χ2n) is 5.55. The molecular formula is C19H26N2O. The average Bonchev–Trinajstić information content (AvgIpc) is 2.57. The number of aliphatic hydroxyl groups excluding tert-OH is 1. The lowest BCUT2D eigenvalue weighted by atomic mass is 9.96. The van der Waals surface area contributed by atoms with Gasteiger partial charge >= 0.3 is 0 Å². The van der Waals surface area contributed by atoms with Crippen molar-refractivity contribution in [2.75, 3.05) is 18.0 Å². The molecule has 0 aliphatic rings. The predicted octanol–water partition coefficient (Wildman–Crippen LogP) is 3.14. The van der Waals surface area contributed by atoms with Crippen LogP contribution < -0.4 is 10.6 Å². The molecule has 0 spiro atoms. The molecule has 0 radical (unpaired) electrons. The normalized spacial score (nSPS) is 13.6. The molecule has 2 aromatic carbocycles. The highest BCUT2D eigenvalue weighted by Crippen LogP contribution is 2.21. The van der Waals surface area contributed by atoms with Gasteiger partial charge in [0.2, 0.25) is 0 Å². The number of anilines is 1. The number of hydrogen-bond donors (Lipinski definition) is 2. The molecule has 0 aromatic heterocycles. The summed E-state index contributed by atoms with van der Waals surface area (Å²) in [4.78, 5) is 2.29. The Morgan fingerprint density at radius 2 is 1.55 bits per heavy atom. The Morgan fingerprint density at radius 1 is 0.955 bits per heavy atom. The number of rotatable bonds is 7. The molecule has 0 bridgehead atoms. The topological polar surface area (TPSA) is 49.5 Å². The third-order valence-corrected chi connectivity index (χ3v) is 4.11. The van der Waals surface area contributed by atoms with Crippen molar-refractivity contribution in [3.63, 3.8) is 0 Å². The monoisotopic (exact) mass is 298 g/mol. The van der Waals surface area contributed by atoms with Crippen molar-refractivity contribution >= 4 is 5.69 Å². The van der Waals surface area contributed by atoms with Crippen LogP contribution in [0.4, 0.5) is 5.69 Å². The van der Waals surface area contributed by atoms with Crippen molar-refractivity contribution in [1.29, 1.82) is 0 Å². The minimum absolute atomic E-state index is 0.369. The van der Waals surface area contributed by atoms with Gasteiger partial charge in [0.15, 0.2) is 0 Å². The molecule has 0 aliphatic carbocycles. The second kappa shape index (κ2) is 7.97. The Labute approximate surface area is 133 Å². The molecule has 0 heterocycles. The summed E-state index contributed by atoms with van der Waals surface area (Å²) < 4.78 is 0. The fourth-order valence-corrected chi connectivity index (χ4v) is 2.70. The highest BCUT2D eigenvalue weighted by atomic mass is 16.3. The van der Waals surface area contributed by atoms with Gasteiger partial charge < -0.3 is 15.7 Å². The van der Waals surface area contributed by atoms with E-state index in [0.29, 0.717) is 6.42 Å². The van der Waals surface area contributed by atoms with Crippen LogP contribution in [-0.2, 0) is 6.42 Å². The van der Waals surface area contributed by atoms with Gasteiger partial charge in [0.25, 0.3) is 0 Å². The zero-order valence-corrected chi connectivity index (χ0v) is 13.4. The fourth-order valence-electron chi connectivity index (χ4n) is 2.70. The van der Waals surface area contributed by atoms with Crippen molar-refractivity contribution in [2.24, 2.45) is 5.73 Å². The molecule has 3 heteroatoms. The third-order valence-electron chi connectivity index (χ3n) is 4.11. The van der Waals surface area contributed by atoms with Crippen molar-refractivity contribution in [2.45, 2.75) is 32.4 Å². The van der Waals surface area contributed by atoms with Gasteiger partial charge in [0.1, 0.15) is 0 Å². The molecule has 2 aromatic rings. The first kappa shape index (κ1) is 16.5. The van der Waals surface area contributed by atoms with Gasteiger partial charge in [-0.25, -0.2) is 0 Å². The summed E-state index contributed by atoms with van der Waals surface area (Å²) >= 11 is 0. The Hall–Kier alpha value is -1.84. The van der Waals surface area contributed by atoms with Crippen molar-refractivity contribution in [3.05, 3.63) is 65.7 Å². The standard InChI is InChI=1S/C19H26N2O/c1-3-21(4-2)17-12-10-16(11-13-17)19(20)18(22)14-15-8-6-5-7-9-15/h5-13,18-19,22H,3-4,14,20H2,1-2H3/t18-,19+/m1/s1. The number of benzene rings is 2. The summed E-state index contributed by atoms with van der Waals surface area (Å²) in [6, 6.07) is 17.8. The first-order valence-corrected chi connectivity index (χ1v) is 7.98. The van der Waals surface area contributed by atoms with Gasteiger partial charge in [-0.1, -0.05) is 42.5 Å². The maximum atomic E-state index is 10.4. The molecule has 0 unspecified atom stereocenters. The number of nitrogens with two attached hydrogens (primary N) is 1. The van der Waals surface area contributed by atoms with Crippen LogP contribution in [0, 0.1) is 0 Å². The van der Waals surface area contributed by atoms with Crippen molar-refractivity contribution in [1.82, 2.24) is 0 Å². The summed E-state index contributed by atoms with van der Waals surface area (Å²) in [7, 11) is 0. The van der Waals surface area contributed by atoms with Crippen LogP contribution in [0.5, 0.6) is 0 Å². The third kappa shape index (κ3) is 4.09. The lowest BCUT2D eigenvalue weighted by Crippen LogP contribution is -2.28. The molecule has 118 valence electrons. The van der Waals surface area contributed by atoms with Crippen LogP contribution in [0.25, 0.3) is 0 Å². The van der Waals surface area contributed by atoms with E-state index in [1.54, 1.807) is 0 Å². The molecule has 0 saturated heterocycles. The highest BCUT2D eigenvalue weighted by Gasteiger charge is 2.17. The van der Waals surface area contributed by atoms with E-state index >= 15 is 0 Å². The molecule has 22 heavy (non-hydrogen) atoms. The van der Waals surface area contributed by atoms with E-state index in [9.17, 15) is 5.11 Å². The largest absolute Gasteiger partial charge is 0.391 e. The number of hydrogen-bond acceptors (Lipinski definition) is 3. The average molecular weight is 298 g/mol. The second-order valence-corrected chi connectivity index (χ2v) is 5.55. The molecule has 3 nitrogen and oxygen atoms in total. The van der Waals surface area contributed by atoms with Crippen LogP contribution in [0.2, 0.25) is 0 Å². The lowest BCUT2D eigenvalue weighted by molar-refractivity contribution is 0.145. The van der Waals surface area contributed by atoms with Gasteiger partial charge in [-0.2, -0.15) is 0 Å². The van der Waals surface area contributed by atoms with E-state index < -0.39 is 6.10 Å². The van der Waals surface area contributed by atoms with Gasteiger partial charge in [0.05, 0.1) is 12.1 Å². The molecule has 2 atom stereocenters. The van der Waals surface area contributed by atoms with Crippen molar-refractivity contribution in [3.8, 4) is 0 Å². The van der Waals surface area contributed by atoms with Crippen LogP contribution in [-0.4, -0.2) is 24.3 Å². The van der Waals surface area contributed by atoms with E-state index in [2.05, 4.69) is 30.9 Å². The summed E-state index contributed by atoms with van der Waals surface area (Å²) in [6.45, 7) is 6.26. The summed E-state index contributed by atoms with van der Waals surface area (Å²) in [6.07, 6.45) is -0.0125. The zero-order valence-electron chi connectivity index (χ0n) is 13.4. The van der Waals surface area contributed by atoms with Crippen LogP contribution >= 0.6 is 0 Å². The van der Waals surface area contributed by atoms with Crippen LogP contribution in [0.1, 0.15) is 31.0 Å². The summed E-state index contributed by atoms with van der Waals surface area (Å²) in [5.74, 6) is 0. The minimum atomic E-state index is -0.582. The van der Waals surface area contributed by atoms with E-state index in [1.807, 2.05) is 42.5 Å². The number of aliphatic hydroxyl groups is 1.